The van der Waals surface area contributed by atoms with E-state index in [0.717, 1.165) is 16.7 Å². The van der Waals surface area contributed by atoms with Gasteiger partial charge in [-0.2, -0.15) is 13.2 Å². The number of alkyl halides is 4. The molecule has 1 atom stereocenters. The van der Waals surface area contributed by atoms with Crippen LogP contribution in [0.5, 0.6) is 0 Å². The lowest BCUT2D eigenvalue weighted by atomic mass is 9.84. The molecule has 4 heteroatoms. The Bertz CT molecular complexity index is 732. The van der Waals surface area contributed by atoms with Crippen LogP contribution in [0.1, 0.15) is 54.0 Å². The van der Waals surface area contributed by atoms with Gasteiger partial charge in [0.1, 0.15) is 0 Å². The molecular weight excluding hydrogens is 365 g/mol. The minimum atomic E-state index is -4.32. The van der Waals surface area contributed by atoms with E-state index >= 15 is 0 Å². The van der Waals surface area contributed by atoms with Crippen LogP contribution in [0, 0.1) is 0 Å². The van der Waals surface area contributed by atoms with Crippen molar-refractivity contribution in [2.75, 3.05) is 0 Å². The minimum Gasteiger partial charge on any atom is -0.166 e. The Morgan fingerprint density at radius 2 is 1.78 bits per heavy atom. The standard InChI is InChI=1S/C19H18BrF3/c1-18(2)10-15(14-9-12(11-20)7-8-16(14)18)13-5-3-4-6-17(13)19(21,22)23/h3-9,15H,10-11H2,1-2H3. The molecule has 1 aliphatic carbocycles. The summed E-state index contributed by atoms with van der Waals surface area (Å²) in [6.07, 6.45) is -3.63. The average Bonchev–Trinajstić information content (AvgIpc) is 2.77. The van der Waals surface area contributed by atoms with Crippen molar-refractivity contribution in [3.63, 3.8) is 0 Å². The number of fused-ring (bicyclic) bond motifs is 1. The number of benzene rings is 2. The molecule has 0 saturated carbocycles. The van der Waals surface area contributed by atoms with Gasteiger partial charge in [0, 0.05) is 11.2 Å². The van der Waals surface area contributed by atoms with Crippen LogP contribution in [0.15, 0.2) is 42.5 Å². The zero-order valence-corrected chi connectivity index (χ0v) is 14.6. The molecule has 23 heavy (non-hydrogen) atoms. The molecule has 1 unspecified atom stereocenters. The topological polar surface area (TPSA) is 0 Å². The average molecular weight is 383 g/mol. The van der Waals surface area contributed by atoms with Crippen molar-refractivity contribution in [1.29, 1.82) is 0 Å². The van der Waals surface area contributed by atoms with Gasteiger partial charge in [0.25, 0.3) is 0 Å². The second-order valence-electron chi connectivity index (χ2n) is 6.78. The van der Waals surface area contributed by atoms with Gasteiger partial charge in [-0.1, -0.05) is 66.2 Å². The first-order chi connectivity index (χ1) is 10.7. The third-order valence-electron chi connectivity index (χ3n) is 4.73. The SMILES string of the molecule is CC1(C)CC(c2ccccc2C(F)(F)F)c2cc(CBr)ccc21. The van der Waals surface area contributed by atoms with Gasteiger partial charge in [0.15, 0.2) is 0 Å². The van der Waals surface area contributed by atoms with Gasteiger partial charge in [0.2, 0.25) is 0 Å². The van der Waals surface area contributed by atoms with Crippen LogP contribution >= 0.6 is 15.9 Å². The maximum Gasteiger partial charge on any atom is 0.416 e. The fourth-order valence-electron chi connectivity index (χ4n) is 3.67. The summed E-state index contributed by atoms with van der Waals surface area (Å²) in [5.74, 6) is -0.211. The van der Waals surface area contributed by atoms with Crippen molar-refractivity contribution >= 4 is 15.9 Å². The molecule has 0 aliphatic heterocycles. The third-order valence-corrected chi connectivity index (χ3v) is 5.38. The lowest BCUT2D eigenvalue weighted by Gasteiger charge is -2.21. The lowest BCUT2D eigenvalue weighted by molar-refractivity contribution is -0.138. The first-order valence-electron chi connectivity index (χ1n) is 7.59. The van der Waals surface area contributed by atoms with Crippen LogP contribution < -0.4 is 0 Å². The van der Waals surface area contributed by atoms with Crippen molar-refractivity contribution in [2.24, 2.45) is 0 Å². The molecule has 0 bridgehead atoms. The summed E-state index contributed by atoms with van der Waals surface area (Å²) in [5, 5.41) is 0.703. The van der Waals surface area contributed by atoms with Gasteiger partial charge >= 0.3 is 6.18 Å². The van der Waals surface area contributed by atoms with Crippen LogP contribution in [0.25, 0.3) is 0 Å². The van der Waals surface area contributed by atoms with Crippen molar-refractivity contribution in [3.8, 4) is 0 Å². The molecule has 1 aliphatic rings. The Hall–Kier alpha value is -1.29. The summed E-state index contributed by atoms with van der Waals surface area (Å²) >= 11 is 3.44. The van der Waals surface area contributed by atoms with Gasteiger partial charge in [-0.15, -0.1) is 0 Å². The zero-order chi connectivity index (χ0) is 16.8. The zero-order valence-electron chi connectivity index (χ0n) is 13.0. The molecule has 0 radical (unpaired) electrons. The maximum atomic E-state index is 13.4. The van der Waals surface area contributed by atoms with Crippen LogP contribution in [0.4, 0.5) is 13.2 Å². The molecule has 2 aromatic carbocycles. The molecule has 0 spiro atoms. The molecule has 2 aromatic rings. The first-order valence-corrected chi connectivity index (χ1v) is 8.71. The van der Waals surface area contributed by atoms with Gasteiger partial charge in [-0.25, -0.2) is 0 Å². The van der Waals surface area contributed by atoms with Gasteiger partial charge in [0.05, 0.1) is 5.56 Å². The maximum absolute atomic E-state index is 13.4. The second-order valence-corrected chi connectivity index (χ2v) is 7.34. The summed E-state index contributed by atoms with van der Waals surface area (Å²) in [5.41, 5.74) is 3.03. The van der Waals surface area contributed by atoms with E-state index in [-0.39, 0.29) is 11.3 Å². The van der Waals surface area contributed by atoms with Crippen LogP contribution in [-0.2, 0) is 16.9 Å². The van der Waals surface area contributed by atoms with E-state index in [1.807, 2.05) is 6.07 Å². The predicted molar refractivity (Wildman–Crippen MR) is 90.0 cm³/mol. The summed E-state index contributed by atoms with van der Waals surface area (Å²) in [4.78, 5) is 0. The molecule has 0 N–H and O–H groups in total. The lowest BCUT2D eigenvalue weighted by Crippen LogP contribution is -2.14. The first kappa shape index (κ1) is 16.6. The van der Waals surface area contributed by atoms with E-state index in [1.54, 1.807) is 12.1 Å². The smallest absolute Gasteiger partial charge is 0.166 e. The minimum absolute atomic E-state index is 0.121. The highest BCUT2D eigenvalue weighted by Gasteiger charge is 2.42. The van der Waals surface area contributed by atoms with E-state index in [0.29, 0.717) is 17.3 Å². The molecule has 3 rings (SSSR count). The van der Waals surface area contributed by atoms with Crippen LogP contribution in [0.3, 0.4) is 0 Å². The molecule has 122 valence electrons. The van der Waals surface area contributed by atoms with Crippen LogP contribution in [-0.4, -0.2) is 0 Å². The predicted octanol–water partition coefficient (Wildman–Crippen LogP) is 6.41. The third kappa shape index (κ3) is 2.93. The second kappa shape index (κ2) is 5.66. The van der Waals surface area contributed by atoms with E-state index in [4.69, 9.17) is 0 Å². The quantitative estimate of drug-likeness (QED) is 0.526. The van der Waals surface area contributed by atoms with Crippen molar-refractivity contribution in [2.45, 2.75) is 43.1 Å². The van der Waals surface area contributed by atoms with Gasteiger partial charge < -0.3 is 0 Å². The number of halogens is 4. The highest BCUT2D eigenvalue weighted by molar-refractivity contribution is 9.08. The molecule has 0 saturated heterocycles. The van der Waals surface area contributed by atoms with E-state index in [9.17, 15) is 13.2 Å². The Morgan fingerprint density at radius 3 is 2.43 bits per heavy atom. The number of rotatable bonds is 2. The number of hydrogen-bond acceptors (Lipinski definition) is 0. The van der Waals surface area contributed by atoms with E-state index < -0.39 is 11.7 Å². The number of hydrogen-bond donors (Lipinski definition) is 0. The Balaban J connectivity index is 2.18. The monoisotopic (exact) mass is 382 g/mol. The van der Waals surface area contributed by atoms with E-state index in [1.165, 1.54) is 12.1 Å². The largest absolute Gasteiger partial charge is 0.416 e. The van der Waals surface area contributed by atoms with Crippen LogP contribution in [0.2, 0.25) is 0 Å². The molecule has 0 amide bonds. The Labute approximate surface area is 142 Å². The van der Waals surface area contributed by atoms with Crippen molar-refractivity contribution in [3.05, 3.63) is 70.3 Å². The molecule has 0 fully saturated rings. The molecule has 0 nitrogen and oxygen atoms in total. The summed E-state index contributed by atoms with van der Waals surface area (Å²) in [6, 6.07) is 12.1. The summed E-state index contributed by atoms with van der Waals surface area (Å²) < 4.78 is 40.2. The van der Waals surface area contributed by atoms with Crippen molar-refractivity contribution in [1.82, 2.24) is 0 Å². The summed E-state index contributed by atoms with van der Waals surface area (Å²) in [6.45, 7) is 4.21. The van der Waals surface area contributed by atoms with Gasteiger partial charge in [-0.3, -0.25) is 0 Å². The molecule has 0 heterocycles. The van der Waals surface area contributed by atoms with Gasteiger partial charge in [-0.05, 0) is 40.2 Å². The van der Waals surface area contributed by atoms with Crippen molar-refractivity contribution < 1.29 is 13.2 Å². The Morgan fingerprint density at radius 1 is 1.09 bits per heavy atom. The van der Waals surface area contributed by atoms with E-state index in [2.05, 4.69) is 41.9 Å². The molecular formula is C19H18BrF3. The fourth-order valence-corrected chi connectivity index (χ4v) is 4.02. The fraction of sp³-hybridized carbons (Fsp3) is 0.368. The molecule has 0 aromatic heterocycles. The highest BCUT2D eigenvalue weighted by atomic mass is 79.9. The summed E-state index contributed by atoms with van der Waals surface area (Å²) in [7, 11) is 0. The Kier molecular flexibility index (Phi) is 4.07. The normalized spacial score (nSPS) is 19.7. The highest BCUT2D eigenvalue weighted by Crippen LogP contribution is 2.51.